The molecule has 2 N–H and O–H groups in total. The van der Waals surface area contributed by atoms with Gasteiger partial charge in [-0.05, 0) is 24.6 Å². The van der Waals surface area contributed by atoms with E-state index >= 15 is 0 Å². The Balaban J connectivity index is 2.46. The standard InChI is InChI=1S/C11H15NO3/c1-2-12-11(14)8-15-10-5-3-4-9(6-10)7-13/h3-6,13H,2,7-8H2,1H3,(H,12,14). The highest BCUT2D eigenvalue weighted by Crippen LogP contribution is 2.12. The monoisotopic (exact) mass is 209 g/mol. The molecule has 0 radical (unpaired) electrons. The number of nitrogens with one attached hydrogen (secondary N) is 1. The minimum atomic E-state index is -0.146. The highest BCUT2D eigenvalue weighted by molar-refractivity contribution is 5.77. The number of likely N-dealkylation sites (N-methyl/N-ethyl adjacent to an activating group) is 1. The largest absolute Gasteiger partial charge is 0.484 e. The molecule has 0 unspecified atom stereocenters. The highest BCUT2D eigenvalue weighted by Gasteiger charge is 2.01. The molecule has 0 aliphatic heterocycles. The molecule has 1 amide bonds. The molecule has 0 aromatic heterocycles. The van der Waals surface area contributed by atoms with E-state index < -0.39 is 0 Å². The third-order valence-corrected chi connectivity index (χ3v) is 1.82. The van der Waals surface area contributed by atoms with Crippen molar-refractivity contribution in [2.75, 3.05) is 13.2 Å². The lowest BCUT2D eigenvalue weighted by atomic mass is 10.2. The molecule has 0 spiro atoms. The van der Waals surface area contributed by atoms with E-state index in [2.05, 4.69) is 5.32 Å². The van der Waals surface area contributed by atoms with E-state index in [9.17, 15) is 4.79 Å². The molecule has 0 aliphatic carbocycles. The molecular weight excluding hydrogens is 194 g/mol. The summed E-state index contributed by atoms with van der Waals surface area (Å²) in [6, 6.07) is 7.02. The van der Waals surface area contributed by atoms with E-state index in [1.807, 2.05) is 6.92 Å². The first-order valence-corrected chi connectivity index (χ1v) is 4.85. The summed E-state index contributed by atoms with van der Waals surface area (Å²) in [5.41, 5.74) is 0.767. The predicted molar refractivity (Wildman–Crippen MR) is 56.5 cm³/mol. The number of hydrogen-bond donors (Lipinski definition) is 2. The molecule has 0 bridgehead atoms. The van der Waals surface area contributed by atoms with Gasteiger partial charge in [-0.3, -0.25) is 4.79 Å². The molecule has 0 saturated carbocycles. The van der Waals surface area contributed by atoms with Crippen LogP contribution in [0.15, 0.2) is 24.3 Å². The summed E-state index contributed by atoms with van der Waals surface area (Å²) in [5.74, 6) is 0.444. The average molecular weight is 209 g/mol. The highest BCUT2D eigenvalue weighted by atomic mass is 16.5. The summed E-state index contributed by atoms with van der Waals surface area (Å²) >= 11 is 0. The van der Waals surface area contributed by atoms with Gasteiger partial charge < -0.3 is 15.2 Å². The van der Waals surface area contributed by atoms with Crippen LogP contribution < -0.4 is 10.1 Å². The lowest BCUT2D eigenvalue weighted by Gasteiger charge is -2.06. The molecule has 0 fully saturated rings. The number of benzene rings is 1. The van der Waals surface area contributed by atoms with Gasteiger partial charge in [-0.15, -0.1) is 0 Å². The number of rotatable bonds is 5. The van der Waals surface area contributed by atoms with Gasteiger partial charge in [-0.25, -0.2) is 0 Å². The van der Waals surface area contributed by atoms with Crippen LogP contribution in [0.1, 0.15) is 12.5 Å². The van der Waals surface area contributed by atoms with Gasteiger partial charge in [0.15, 0.2) is 6.61 Å². The molecule has 0 aliphatic rings. The molecule has 1 aromatic rings. The van der Waals surface area contributed by atoms with Crippen LogP contribution in [0.4, 0.5) is 0 Å². The van der Waals surface area contributed by atoms with Crippen LogP contribution in [-0.4, -0.2) is 24.2 Å². The van der Waals surface area contributed by atoms with Crippen molar-refractivity contribution in [3.05, 3.63) is 29.8 Å². The van der Waals surface area contributed by atoms with Crippen LogP contribution in [0.25, 0.3) is 0 Å². The number of aliphatic hydroxyl groups excluding tert-OH is 1. The number of amides is 1. The van der Waals surface area contributed by atoms with Gasteiger partial charge in [0, 0.05) is 6.54 Å². The van der Waals surface area contributed by atoms with Gasteiger partial charge in [0.2, 0.25) is 0 Å². The summed E-state index contributed by atoms with van der Waals surface area (Å²) < 4.78 is 5.24. The van der Waals surface area contributed by atoms with Gasteiger partial charge in [-0.2, -0.15) is 0 Å². The van der Waals surface area contributed by atoms with Crippen LogP contribution in [-0.2, 0) is 11.4 Å². The Bertz CT molecular complexity index is 325. The predicted octanol–water partition coefficient (Wildman–Crippen LogP) is 0.694. The Labute approximate surface area is 88.9 Å². The fraction of sp³-hybridized carbons (Fsp3) is 0.364. The van der Waals surface area contributed by atoms with E-state index in [1.165, 1.54) is 0 Å². The van der Waals surface area contributed by atoms with Crippen LogP contribution in [0, 0.1) is 0 Å². The van der Waals surface area contributed by atoms with E-state index in [1.54, 1.807) is 24.3 Å². The van der Waals surface area contributed by atoms with Crippen LogP contribution in [0.2, 0.25) is 0 Å². The summed E-state index contributed by atoms with van der Waals surface area (Å²) in [5, 5.41) is 11.5. The normalized spacial score (nSPS) is 9.73. The molecule has 0 saturated heterocycles. The summed E-state index contributed by atoms with van der Waals surface area (Å²) in [6.07, 6.45) is 0. The van der Waals surface area contributed by atoms with Gasteiger partial charge >= 0.3 is 0 Å². The molecule has 4 nitrogen and oxygen atoms in total. The molecule has 15 heavy (non-hydrogen) atoms. The zero-order chi connectivity index (χ0) is 11.1. The molecule has 0 atom stereocenters. The number of carbonyl (C=O) groups is 1. The van der Waals surface area contributed by atoms with Crippen molar-refractivity contribution in [3.8, 4) is 5.75 Å². The minimum Gasteiger partial charge on any atom is -0.484 e. The summed E-state index contributed by atoms with van der Waals surface area (Å²) in [4.78, 5) is 11.1. The minimum absolute atomic E-state index is 0.00270. The lowest BCUT2D eigenvalue weighted by molar-refractivity contribution is -0.122. The topological polar surface area (TPSA) is 58.6 Å². The Morgan fingerprint density at radius 2 is 2.33 bits per heavy atom. The van der Waals surface area contributed by atoms with Gasteiger partial charge in [0.05, 0.1) is 6.61 Å². The van der Waals surface area contributed by atoms with Gasteiger partial charge in [0.1, 0.15) is 5.75 Å². The number of hydrogen-bond acceptors (Lipinski definition) is 3. The van der Waals surface area contributed by atoms with Crippen LogP contribution in [0.3, 0.4) is 0 Å². The maximum absolute atomic E-state index is 11.1. The van der Waals surface area contributed by atoms with Crippen molar-refractivity contribution in [3.63, 3.8) is 0 Å². The van der Waals surface area contributed by atoms with Gasteiger partial charge in [-0.1, -0.05) is 12.1 Å². The van der Waals surface area contributed by atoms with E-state index in [4.69, 9.17) is 9.84 Å². The van der Waals surface area contributed by atoms with Gasteiger partial charge in [0.25, 0.3) is 5.91 Å². The molecule has 1 rings (SSSR count). The third-order valence-electron chi connectivity index (χ3n) is 1.82. The van der Waals surface area contributed by atoms with E-state index in [0.29, 0.717) is 12.3 Å². The van der Waals surface area contributed by atoms with Crippen LogP contribution in [0.5, 0.6) is 5.75 Å². The Kier molecular flexibility index (Phi) is 4.63. The Morgan fingerprint density at radius 1 is 1.53 bits per heavy atom. The number of carbonyl (C=O) groups excluding carboxylic acids is 1. The molecule has 1 aromatic carbocycles. The third kappa shape index (κ3) is 3.99. The second kappa shape index (κ2) is 6.03. The zero-order valence-electron chi connectivity index (χ0n) is 8.69. The van der Waals surface area contributed by atoms with Crippen LogP contribution >= 0.6 is 0 Å². The fourth-order valence-corrected chi connectivity index (χ4v) is 1.13. The smallest absolute Gasteiger partial charge is 0.257 e. The maximum Gasteiger partial charge on any atom is 0.257 e. The lowest BCUT2D eigenvalue weighted by Crippen LogP contribution is -2.28. The average Bonchev–Trinajstić information content (AvgIpc) is 2.27. The van der Waals surface area contributed by atoms with Crippen molar-refractivity contribution >= 4 is 5.91 Å². The first-order chi connectivity index (χ1) is 7.26. The quantitative estimate of drug-likeness (QED) is 0.750. The fourth-order valence-electron chi connectivity index (χ4n) is 1.13. The molecule has 82 valence electrons. The molecule has 0 heterocycles. The first-order valence-electron chi connectivity index (χ1n) is 4.85. The van der Waals surface area contributed by atoms with E-state index in [0.717, 1.165) is 5.56 Å². The summed E-state index contributed by atoms with van der Waals surface area (Å²) in [7, 11) is 0. The first kappa shape index (κ1) is 11.5. The SMILES string of the molecule is CCNC(=O)COc1cccc(CO)c1. The van der Waals surface area contributed by atoms with Crippen molar-refractivity contribution in [1.82, 2.24) is 5.32 Å². The van der Waals surface area contributed by atoms with Crippen molar-refractivity contribution in [2.24, 2.45) is 0 Å². The van der Waals surface area contributed by atoms with Crippen molar-refractivity contribution < 1.29 is 14.6 Å². The van der Waals surface area contributed by atoms with Crippen molar-refractivity contribution in [2.45, 2.75) is 13.5 Å². The Hall–Kier alpha value is -1.55. The number of aliphatic hydroxyl groups is 1. The van der Waals surface area contributed by atoms with E-state index in [-0.39, 0.29) is 19.1 Å². The maximum atomic E-state index is 11.1. The Morgan fingerprint density at radius 3 is 3.00 bits per heavy atom. The zero-order valence-corrected chi connectivity index (χ0v) is 8.69. The molecular formula is C11H15NO3. The molecule has 4 heteroatoms. The summed E-state index contributed by atoms with van der Waals surface area (Å²) in [6.45, 7) is 2.42. The second-order valence-electron chi connectivity index (χ2n) is 3.05. The van der Waals surface area contributed by atoms with Crippen molar-refractivity contribution in [1.29, 1.82) is 0 Å². The number of ether oxygens (including phenoxy) is 1. The second-order valence-corrected chi connectivity index (χ2v) is 3.05.